The summed E-state index contributed by atoms with van der Waals surface area (Å²) in [7, 11) is 0. The lowest BCUT2D eigenvalue weighted by Crippen LogP contribution is -2.66. The summed E-state index contributed by atoms with van der Waals surface area (Å²) in [5.74, 6) is 1.59. The minimum absolute atomic E-state index is 0.0630. The van der Waals surface area contributed by atoms with Gasteiger partial charge in [0.25, 0.3) is 0 Å². The van der Waals surface area contributed by atoms with Crippen LogP contribution in [0.2, 0.25) is 0 Å². The molecular weight excluding hydrogens is 424 g/mol. The molecule has 0 aromatic rings. The number of fused-ring (bicyclic) bond motifs is 5. The lowest BCUT2D eigenvalue weighted by Gasteiger charge is -2.70. The van der Waals surface area contributed by atoms with Crippen molar-refractivity contribution >= 4 is 0 Å². The zero-order chi connectivity index (χ0) is 25.1. The highest BCUT2D eigenvalue weighted by atomic mass is 16.5. The van der Waals surface area contributed by atoms with E-state index in [0.717, 1.165) is 44.9 Å². The van der Waals surface area contributed by atoms with E-state index in [2.05, 4.69) is 41.5 Å². The molecule has 1 saturated heterocycles. The molecule has 5 rings (SSSR count). The highest BCUT2D eigenvalue weighted by Crippen LogP contribution is 2.76. The van der Waals surface area contributed by atoms with Gasteiger partial charge in [-0.1, -0.05) is 34.6 Å². The van der Waals surface area contributed by atoms with E-state index in [-0.39, 0.29) is 51.5 Å². The topological polar surface area (TPSA) is 69.9 Å². The minimum atomic E-state index is -0.826. The molecule has 0 aromatic carbocycles. The fraction of sp³-hybridized carbons (Fsp3) is 1.00. The Hall–Kier alpha value is -0.160. The van der Waals surface area contributed by atoms with Crippen LogP contribution < -0.4 is 0 Å². The van der Waals surface area contributed by atoms with Gasteiger partial charge >= 0.3 is 0 Å². The van der Waals surface area contributed by atoms with Crippen LogP contribution in [0.4, 0.5) is 0 Å². The third-order valence-corrected chi connectivity index (χ3v) is 13.3. The van der Waals surface area contributed by atoms with E-state index in [1.807, 2.05) is 13.8 Å². The normalized spacial score (nSPS) is 57.1. The van der Waals surface area contributed by atoms with Crippen LogP contribution in [0.1, 0.15) is 113 Å². The monoisotopic (exact) mass is 476 g/mol. The van der Waals surface area contributed by atoms with Crippen molar-refractivity contribution in [3.63, 3.8) is 0 Å². The molecule has 1 aliphatic heterocycles. The first-order chi connectivity index (χ1) is 15.5. The van der Waals surface area contributed by atoms with E-state index < -0.39 is 5.60 Å². The van der Waals surface area contributed by atoms with E-state index in [4.69, 9.17) is 4.74 Å². The zero-order valence-corrected chi connectivity index (χ0v) is 23.2. The Kier molecular flexibility index (Phi) is 5.59. The molecule has 4 saturated carbocycles. The summed E-state index contributed by atoms with van der Waals surface area (Å²) < 4.78 is 6.66. The van der Waals surface area contributed by atoms with Gasteiger partial charge in [-0.2, -0.15) is 0 Å². The molecule has 0 bridgehead atoms. The Morgan fingerprint density at radius 2 is 1.41 bits per heavy atom. The van der Waals surface area contributed by atoms with Crippen LogP contribution >= 0.6 is 0 Å². The standard InChI is InChI=1S/C30H52O4/c1-25(2)20-10-15-28(6)21(27(20,5)13-11-22(25)32)17-19(31)24-18(9-14-29(24,28)7)30(8)16-12-23(34-30)26(3,4)33/h18-24,31-33H,9-17H2,1-8H3/t18-,19+,20+,21+,22-,23-,24-,27-,28+,29+,30-/m0/s1. The van der Waals surface area contributed by atoms with Gasteiger partial charge in [0, 0.05) is 0 Å². The largest absolute Gasteiger partial charge is 0.393 e. The molecule has 196 valence electrons. The molecule has 5 fully saturated rings. The Labute approximate surface area is 208 Å². The van der Waals surface area contributed by atoms with Crippen molar-refractivity contribution in [3.05, 3.63) is 0 Å². The fourth-order valence-corrected chi connectivity index (χ4v) is 11.1. The van der Waals surface area contributed by atoms with Gasteiger partial charge in [0.15, 0.2) is 0 Å². The molecule has 4 aliphatic carbocycles. The predicted molar refractivity (Wildman–Crippen MR) is 135 cm³/mol. The Balaban J connectivity index is 1.48. The molecule has 4 heteroatoms. The molecule has 5 aliphatic rings. The van der Waals surface area contributed by atoms with Crippen molar-refractivity contribution < 1.29 is 20.1 Å². The highest BCUT2D eigenvalue weighted by Gasteiger charge is 2.71. The van der Waals surface area contributed by atoms with E-state index in [0.29, 0.717) is 17.8 Å². The second-order valence-electron chi connectivity index (χ2n) is 15.4. The van der Waals surface area contributed by atoms with Gasteiger partial charge in [0.1, 0.15) is 0 Å². The molecule has 1 heterocycles. The smallest absolute Gasteiger partial charge is 0.0865 e. The molecule has 3 N–H and O–H groups in total. The lowest BCUT2D eigenvalue weighted by atomic mass is 9.35. The van der Waals surface area contributed by atoms with Gasteiger partial charge < -0.3 is 20.1 Å². The number of hydrogen-bond donors (Lipinski definition) is 3. The number of ether oxygens (including phenoxy) is 1. The SMILES string of the molecule is CC(C)(O)[C@@H]1CC[C@@](C)([C@H]2CC[C@]3(C)[C@@H]2[C@H](O)C[C@@H]2[C@@]4(C)CC[C@H](O)C(C)(C)[C@H]4CC[C@]23C)O1. The first-order valence-corrected chi connectivity index (χ1v) is 14.3. The highest BCUT2D eigenvalue weighted by molar-refractivity contribution is 5.20. The van der Waals surface area contributed by atoms with E-state index >= 15 is 0 Å². The number of aliphatic hydroxyl groups excluding tert-OH is 2. The third-order valence-electron chi connectivity index (χ3n) is 13.3. The average molecular weight is 477 g/mol. The summed E-state index contributed by atoms with van der Waals surface area (Å²) in [5.41, 5.74) is -0.703. The minimum Gasteiger partial charge on any atom is -0.393 e. The quantitative estimate of drug-likeness (QED) is 0.477. The second kappa shape index (κ2) is 7.45. The molecule has 0 spiro atoms. The van der Waals surface area contributed by atoms with Gasteiger partial charge in [0.2, 0.25) is 0 Å². The van der Waals surface area contributed by atoms with Crippen LogP contribution in [0.3, 0.4) is 0 Å². The van der Waals surface area contributed by atoms with E-state index in [1.165, 1.54) is 12.8 Å². The third kappa shape index (κ3) is 3.16. The molecular formula is C30H52O4. The Morgan fingerprint density at radius 1 is 0.765 bits per heavy atom. The molecule has 34 heavy (non-hydrogen) atoms. The molecule has 0 amide bonds. The van der Waals surface area contributed by atoms with Crippen LogP contribution in [0.15, 0.2) is 0 Å². The van der Waals surface area contributed by atoms with Crippen LogP contribution in [0.5, 0.6) is 0 Å². The fourth-order valence-electron chi connectivity index (χ4n) is 11.1. The van der Waals surface area contributed by atoms with Crippen LogP contribution in [-0.4, -0.2) is 44.8 Å². The summed E-state index contributed by atoms with van der Waals surface area (Å²) in [6.07, 6.45) is 8.72. The van der Waals surface area contributed by atoms with E-state index in [1.54, 1.807) is 0 Å². The predicted octanol–water partition coefficient (Wildman–Crippen LogP) is 5.71. The molecule has 4 nitrogen and oxygen atoms in total. The summed E-state index contributed by atoms with van der Waals surface area (Å²) >= 11 is 0. The van der Waals surface area contributed by atoms with Crippen LogP contribution in [0, 0.1) is 45.3 Å². The summed E-state index contributed by atoms with van der Waals surface area (Å²) in [5, 5.41) is 33.4. The van der Waals surface area contributed by atoms with Crippen molar-refractivity contribution in [2.75, 3.05) is 0 Å². The van der Waals surface area contributed by atoms with Gasteiger partial charge in [-0.25, -0.2) is 0 Å². The van der Waals surface area contributed by atoms with Crippen LogP contribution in [-0.2, 0) is 4.74 Å². The second-order valence-corrected chi connectivity index (χ2v) is 15.4. The van der Waals surface area contributed by atoms with Gasteiger partial charge in [0.05, 0.1) is 29.5 Å². The maximum absolute atomic E-state index is 11.9. The Bertz CT molecular complexity index is 817. The number of rotatable bonds is 2. The maximum atomic E-state index is 11.9. The summed E-state index contributed by atoms with van der Waals surface area (Å²) in [6.45, 7) is 18.1. The van der Waals surface area contributed by atoms with Crippen molar-refractivity contribution in [2.45, 2.75) is 143 Å². The Morgan fingerprint density at radius 3 is 2.03 bits per heavy atom. The summed E-state index contributed by atoms with van der Waals surface area (Å²) in [4.78, 5) is 0. The van der Waals surface area contributed by atoms with Crippen LogP contribution in [0.25, 0.3) is 0 Å². The summed E-state index contributed by atoms with van der Waals surface area (Å²) in [6, 6.07) is 0. The van der Waals surface area contributed by atoms with Crippen molar-refractivity contribution in [2.24, 2.45) is 45.3 Å². The zero-order valence-electron chi connectivity index (χ0n) is 23.2. The average Bonchev–Trinajstić information content (AvgIpc) is 3.30. The van der Waals surface area contributed by atoms with Crippen molar-refractivity contribution in [1.29, 1.82) is 0 Å². The molecule has 0 radical (unpaired) electrons. The molecule has 11 atom stereocenters. The van der Waals surface area contributed by atoms with Crippen molar-refractivity contribution in [3.8, 4) is 0 Å². The first-order valence-electron chi connectivity index (χ1n) is 14.3. The first kappa shape index (κ1) is 25.5. The maximum Gasteiger partial charge on any atom is 0.0865 e. The van der Waals surface area contributed by atoms with Gasteiger partial charge in [-0.3, -0.25) is 0 Å². The lowest BCUT2D eigenvalue weighted by molar-refractivity contribution is -0.248. The van der Waals surface area contributed by atoms with Gasteiger partial charge in [-0.15, -0.1) is 0 Å². The number of hydrogen-bond acceptors (Lipinski definition) is 4. The van der Waals surface area contributed by atoms with Gasteiger partial charge in [-0.05, 0) is 124 Å². The molecule has 0 aromatic heterocycles. The molecule has 0 unspecified atom stereocenters. The van der Waals surface area contributed by atoms with E-state index in [9.17, 15) is 15.3 Å². The van der Waals surface area contributed by atoms with Crippen molar-refractivity contribution in [1.82, 2.24) is 0 Å². The number of aliphatic hydroxyl groups is 3.